The Bertz CT molecular complexity index is 643. The first kappa shape index (κ1) is 14.7. The fourth-order valence-corrected chi connectivity index (χ4v) is 2.59. The Morgan fingerprint density at radius 1 is 1.00 bits per heavy atom. The number of allylic oxidation sites excluding steroid dienone is 1. The van der Waals surface area contributed by atoms with E-state index in [4.69, 9.17) is 0 Å². The highest BCUT2D eigenvalue weighted by Gasteiger charge is 2.04. The number of halogens is 1. The zero-order chi connectivity index (χ0) is 14.7. The molecule has 0 amide bonds. The van der Waals surface area contributed by atoms with Crippen LogP contribution in [0.4, 0.5) is 0 Å². The summed E-state index contributed by atoms with van der Waals surface area (Å²) in [6, 6.07) is 11.7. The molecule has 0 saturated heterocycles. The van der Waals surface area contributed by atoms with Crippen LogP contribution in [0.1, 0.15) is 32.6 Å². The summed E-state index contributed by atoms with van der Waals surface area (Å²) in [5.74, 6) is 0.0249. The molecule has 1 nitrogen and oxygen atoms in total. The number of carbonyl (C=O) groups is 1. The summed E-state index contributed by atoms with van der Waals surface area (Å²) < 4.78 is 0.975. The van der Waals surface area contributed by atoms with Crippen LogP contribution in [0.15, 0.2) is 46.9 Å². The molecule has 0 bridgehead atoms. The van der Waals surface area contributed by atoms with Crippen molar-refractivity contribution in [3.8, 4) is 0 Å². The molecule has 0 aliphatic rings. The van der Waals surface area contributed by atoms with E-state index in [0.717, 1.165) is 10.0 Å². The Kier molecular flexibility index (Phi) is 4.56. The number of hydrogen-bond acceptors (Lipinski definition) is 1. The van der Waals surface area contributed by atoms with E-state index >= 15 is 0 Å². The van der Waals surface area contributed by atoms with Gasteiger partial charge in [-0.05, 0) is 67.8 Å². The first-order chi connectivity index (χ1) is 9.47. The van der Waals surface area contributed by atoms with Crippen LogP contribution in [-0.4, -0.2) is 5.78 Å². The summed E-state index contributed by atoms with van der Waals surface area (Å²) in [4.78, 5) is 12.1. The number of rotatable bonds is 3. The van der Waals surface area contributed by atoms with Crippen LogP contribution >= 0.6 is 15.9 Å². The molecule has 0 aliphatic carbocycles. The lowest BCUT2D eigenvalue weighted by Gasteiger charge is -2.06. The Labute approximate surface area is 128 Å². The highest BCUT2D eigenvalue weighted by atomic mass is 79.9. The molecule has 0 heterocycles. The third-order valence-corrected chi connectivity index (χ3v) is 3.80. The molecule has 0 radical (unpaired) electrons. The summed E-state index contributed by atoms with van der Waals surface area (Å²) in [5.41, 5.74) is 5.47. The Morgan fingerprint density at radius 3 is 2.10 bits per heavy atom. The van der Waals surface area contributed by atoms with E-state index in [9.17, 15) is 4.79 Å². The van der Waals surface area contributed by atoms with E-state index in [1.807, 2.05) is 30.3 Å². The molecule has 0 unspecified atom stereocenters. The second-order valence-electron chi connectivity index (χ2n) is 5.02. The van der Waals surface area contributed by atoms with Crippen LogP contribution in [0, 0.1) is 20.8 Å². The SMILES string of the molecule is Cc1cc(C)c(/C=C/C(=O)c2ccc(Br)cc2)c(C)c1. The molecule has 2 heteroatoms. The molecule has 2 rings (SSSR count). The second kappa shape index (κ2) is 6.19. The summed E-state index contributed by atoms with van der Waals surface area (Å²) in [6.45, 7) is 6.23. The predicted molar refractivity (Wildman–Crippen MR) is 88.2 cm³/mol. The van der Waals surface area contributed by atoms with Crippen LogP contribution in [0.25, 0.3) is 6.08 Å². The fourth-order valence-electron chi connectivity index (χ4n) is 2.32. The monoisotopic (exact) mass is 328 g/mol. The number of carbonyl (C=O) groups excluding carboxylic acids is 1. The van der Waals surface area contributed by atoms with Crippen LogP contribution in [0.2, 0.25) is 0 Å². The van der Waals surface area contributed by atoms with Crippen molar-refractivity contribution in [3.05, 3.63) is 74.8 Å². The maximum absolute atomic E-state index is 12.1. The lowest BCUT2D eigenvalue weighted by Crippen LogP contribution is -1.94. The number of hydrogen-bond donors (Lipinski definition) is 0. The van der Waals surface area contributed by atoms with Crippen molar-refractivity contribution < 1.29 is 4.79 Å². The summed E-state index contributed by atoms with van der Waals surface area (Å²) in [7, 11) is 0. The molecule has 20 heavy (non-hydrogen) atoms. The third kappa shape index (κ3) is 3.45. The molecular weight excluding hydrogens is 312 g/mol. The molecule has 0 aromatic heterocycles. The van der Waals surface area contributed by atoms with Gasteiger partial charge < -0.3 is 0 Å². The Hall–Kier alpha value is -1.67. The second-order valence-corrected chi connectivity index (χ2v) is 5.93. The minimum atomic E-state index is 0.0249. The lowest BCUT2D eigenvalue weighted by atomic mass is 9.99. The maximum Gasteiger partial charge on any atom is 0.185 e. The van der Waals surface area contributed by atoms with E-state index in [0.29, 0.717) is 5.56 Å². The van der Waals surface area contributed by atoms with Crippen molar-refractivity contribution in [1.29, 1.82) is 0 Å². The van der Waals surface area contributed by atoms with E-state index < -0.39 is 0 Å². The number of ketones is 1. The molecule has 0 saturated carbocycles. The van der Waals surface area contributed by atoms with E-state index in [-0.39, 0.29) is 5.78 Å². The van der Waals surface area contributed by atoms with Crippen LogP contribution in [0.5, 0.6) is 0 Å². The van der Waals surface area contributed by atoms with Crippen molar-refractivity contribution in [2.75, 3.05) is 0 Å². The highest BCUT2D eigenvalue weighted by Crippen LogP contribution is 2.18. The quantitative estimate of drug-likeness (QED) is 0.554. The van der Waals surface area contributed by atoms with Crippen molar-refractivity contribution in [2.24, 2.45) is 0 Å². The summed E-state index contributed by atoms with van der Waals surface area (Å²) >= 11 is 3.37. The van der Waals surface area contributed by atoms with Gasteiger partial charge >= 0.3 is 0 Å². The van der Waals surface area contributed by atoms with Crippen LogP contribution in [0.3, 0.4) is 0 Å². The molecule has 0 N–H and O–H groups in total. The van der Waals surface area contributed by atoms with Crippen LogP contribution < -0.4 is 0 Å². The minimum Gasteiger partial charge on any atom is -0.289 e. The first-order valence-corrected chi connectivity index (χ1v) is 7.32. The summed E-state index contributed by atoms with van der Waals surface area (Å²) in [6.07, 6.45) is 3.56. The van der Waals surface area contributed by atoms with Gasteiger partial charge in [0, 0.05) is 10.0 Å². The van der Waals surface area contributed by atoms with E-state index in [2.05, 4.69) is 48.8 Å². The van der Waals surface area contributed by atoms with Gasteiger partial charge in [0.05, 0.1) is 0 Å². The topological polar surface area (TPSA) is 17.1 Å². The lowest BCUT2D eigenvalue weighted by molar-refractivity contribution is 0.104. The van der Waals surface area contributed by atoms with Crippen LogP contribution in [-0.2, 0) is 0 Å². The highest BCUT2D eigenvalue weighted by molar-refractivity contribution is 9.10. The third-order valence-electron chi connectivity index (χ3n) is 3.27. The van der Waals surface area contributed by atoms with Gasteiger partial charge in [-0.25, -0.2) is 0 Å². The zero-order valence-electron chi connectivity index (χ0n) is 11.9. The fraction of sp³-hybridized carbons (Fsp3) is 0.167. The van der Waals surface area contributed by atoms with Gasteiger partial charge in [0.25, 0.3) is 0 Å². The molecule has 2 aromatic rings. The van der Waals surface area contributed by atoms with Crippen molar-refractivity contribution >= 4 is 27.8 Å². The molecule has 0 atom stereocenters. The average Bonchev–Trinajstić information content (AvgIpc) is 2.38. The Balaban J connectivity index is 2.25. The van der Waals surface area contributed by atoms with Gasteiger partial charge in [0.15, 0.2) is 5.78 Å². The van der Waals surface area contributed by atoms with Gasteiger partial charge in [-0.2, -0.15) is 0 Å². The minimum absolute atomic E-state index is 0.0249. The van der Waals surface area contributed by atoms with E-state index in [1.54, 1.807) is 6.08 Å². The Morgan fingerprint density at radius 2 is 1.55 bits per heavy atom. The molecule has 2 aromatic carbocycles. The smallest absolute Gasteiger partial charge is 0.185 e. The van der Waals surface area contributed by atoms with Crippen molar-refractivity contribution in [2.45, 2.75) is 20.8 Å². The van der Waals surface area contributed by atoms with Crippen molar-refractivity contribution in [3.63, 3.8) is 0 Å². The molecular formula is C18H17BrO. The van der Waals surface area contributed by atoms with Gasteiger partial charge in [-0.3, -0.25) is 4.79 Å². The molecule has 102 valence electrons. The number of aryl methyl sites for hydroxylation is 3. The van der Waals surface area contributed by atoms with E-state index in [1.165, 1.54) is 16.7 Å². The normalized spacial score (nSPS) is 11.0. The largest absolute Gasteiger partial charge is 0.289 e. The van der Waals surface area contributed by atoms with Gasteiger partial charge in [0.2, 0.25) is 0 Å². The zero-order valence-corrected chi connectivity index (χ0v) is 13.5. The maximum atomic E-state index is 12.1. The average molecular weight is 329 g/mol. The van der Waals surface area contributed by atoms with Gasteiger partial charge in [-0.1, -0.05) is 39.7 Å². The number of benzene rings is 2. The molecule has 0 aliphatic heterocycles. The van der Waals surface area contributed by atoms with Gasteiger partial charge in [-0.15, -0.1) is 0 Å². The molecule has 0 spiro atoms. The predicted octanol–water partition coefficient (Wildman–Crippen LogP) is 5.27. The first-order valence-electron chi connectivity index (χ1n) is 6.53. The standard InChI is InChI=1S/C18H17BrO/c1-12-10-13(2)17(14(3)11-12)8-9-18(20)15-4-6-16(19)7-5-15/h4-11H,1-3H3/b9-8+. The van der Waals surface area contributed by atoms with Gasteiger partial charge in [0.1, 0.15) is 0 Å². The summed E-state index contributed by atoms with van der Waals surface area (Å²) in [5, 5.41) is 0. The molecule has 0 fully saturated rings. The van der Waals surface area contributed by atoms with Crippen molar-refractivity contribution in [1.82, 2.24) is 0 Å².